The minimum Gasteiger partial charge on any atom is -0.396 e. The molecule has 1 aliphatic heterocycles. The lowest BCUT2D eigenvalue weighted by Crippen LogP contribution is -2.40. The van der Waals surface area contributed by atoms with E-state index in [2.05, 4.69) is 10.4 Å². The van der Waals surface area contributed by atoms with Crippen molar-refractivity contribution in [3.63, 3.8) is 0 Å². The third kappa shape index (κ3) is 2.98. The number of hydrogen-bond donors (Lipinski definition) is 2. The number of rotatable bonds is 4. The second-order valence-corrected chi connectivity index (χ2v) is 5.04. The van der Waals surface area contributed by atoms with Crippen LogP contribution in [0.3, 0.4) is 0 Å². The molecule has 0 bridgehead atoms. The zero-order valence-electron chi connectivity index (χ0n) is 11.7. The number of nitrogens with one attached hydrogen (secondary N) is 1. The zero-order chi connectivity index (χ0) is 14.7. The molecule has 1 aromatic rings. The van der Waals surface area contributed by atoms with Gasteiger partial charge in [-0.25, -0.2) is 0 Å². The van der Waals surface area contributed by atoms with Crippen LogP contribution in [0.4, 0.5) is 0 Å². The van der Waals surface area contributed by atoms with E-state index in [-0.39, 0.29) is 30.4 Å². The van der Waals surface area contributed by atoms with Crippen molar-refractivity contribution in [1.82, 2.24) is 20.0 Å². The molecule has 0 aliphatic carbocycles. The molecular weight excluding hydrogens is 260 g/mol. The fourth-order valence-electron chi connectivity index (χ4n) is 2.48. The summed E-state index contributed by atoms with van der Waals surface area (Å²) in [5, 5.41) is 16.2. The number of hydrogen-bond acceptors (Lipinski definition) is 4. The average molecular weight is 280 g/mol. The summed E-state index contributed by atoms with van der Waals surface area (Å²) in [6, 6.07) is -0.192. The minimum absolute atomic E-state index is 0.0526. The molecule has 1 saturated heterocycles. The van der Waals surface area contributed by atoms with E-state index >= 15 is 0 Å². The van der Waals surface area contributed by atoms with E-state index in [1.54, 1.807) is 22.0 Å². The monoisotopic (exact) mass is 280 g/mol. The molecule has 2 rings (SSSR count). The van der Waals surface area contributed by atoms with Crippen molar-refractivity contribution in [1.29, 1.82) is 0 Å². The molecule has 1 fully saturated rings. The second-order valence-electron chi connectivity index (χ2n) is 5.04. The summed E-state index contributed by atoms with van der Waals surface area (Å²) in [7, 11) is 0. The zero-order valence-corrected chi connectivity index (χ0v) is 11.7. The van der Waals surface area contributed by atoms with Gasteiger partial charge in [0.05, 0.1) is 17.8 Å². The minimum atomic E-state index is -0.192. The molecule has 2 N–H and O–H groups in total. The third-order valence-electron chi connectivity index (χ3n) is 3.56. The maximum atomic E-state index is 12.3. The molecule has 2 atom stereocenters. The van der Waals surface area contributed by atoms with E-state index in [4.69, 9.17) is 0 Å². The summed E-state index contributed by atoms with van der Waals surface area (Å²) in [6.45, 7) is 4.90. The van der Waals surface area contributed by atoms with Gasteiger partial charge in [0.25, 0.3) is 5.91 Å². The molecule has 2 amide bonds. The predicted octanol–water partition coefficient (Wildman–Crippen LogP) is -0.528. The normalized spacial score (nSPS) is 22.1. The maximum Gasteiger partial charge on any atom is 0.257 e. The summed E-state index contributed by atoms with van der Waals surface area (Å²) in [5.74, 6) is -0.387. The Bertz CT molecular complexity index is 500. The molecule has 7 nitrogen and oxygen atoms in total. The molecule has 7 heteroatoms. The number of carbonyl (C=O) groups excluding carboxylic acids is 2. The highest BCUT2D eigenvalue weighted by atomic mass is 16.3. The number of aryl methyl sites for hydroxylation is 1. The number of likely N-dealkylation sites (tertiary alicyclic amines) is 1. The van der Waals surface area contributed by atoms with E-state index in [9.17, 15) is 14.7 Å². The summed E-state index contributed by atoms with van der Waals surface area (Å²) < 4.78 is 1.69. The van der Waals surface area contributed by atoms with Crippen molar-refractivity contribution in [2.24, 2.45) is 5.92 Å². The number of amides is 2. The number of aliphatic hydroxyl groups excluding tert-OH is 1. The van der Waals surface area contributed by atoms with Crippen LogP contribution in [0, 0.1) is 5.92 Å². The smallest absolute Gasteiger partial charge is 0.257 e. The molecular formula is C13H20N4O3. The molecule has 0 radical (unpaired) electrons. The quantitative estimate of drug-likeness (QED) is 0.776. The van der Waals surface area contributed by atoms with E-state index in [0.29, 0.717) is 25.2 Å². The van der Waals surface area contributed by atoms with Crippen LogP contribution in [0.15, 0.2) is 12.4 Å². The van der Waals surface area contributed by atoms with Crippen molar-refractivity contribution < 1.29 is 14.7 Å². The van der Waals surface area contributed by atoms with E-state index in [1.807, 2.05) is 6.92 Å². The SMILES string of the molecule is CCn1cc(C(=O)N2C[C@@H](CO)[C@H](NC(C)=O)C2)cn1. The molecule has 2 heterocycles. The molecule has 110 valence electrons. The highest BCUT2D eigenvalue weighted by Gasteiger charge is 2.35. The van der Waals surface area contributed by atoms with Crippen LogP contribution in [0.25, 0.3) is 0 Å². The number of aliphatic hydroxyl groups is 1. The first-order valence-electron chi connectivity index (χ1n) is 6.74. The highest BCUT2D eigenvalue weighted by Crippen LogP contribution is 2.19. The van der Waals surface area contributed by atoms with Gasteiger partial charge in [0, 0.05) is 45.3 Å². The van der Waals surface area contributed by atoms with Gasteiger partial charge in [0.15, 0.2) is 0 Å². The van der Waals surface area contributed by atoms with Crippen molar-refractivity contribution in [3.8, 4) is 0 Å². The number of nitrogens with zero attached hydrogens (tertiary/aromatic N) is 3. The molecule has 20 heavy (non-hydrogen) atoms. The summed E-state index contributed by atoms with van der Waals surface area (Å²) in [5.41, 5.74) is 0.534. The molecule has 1 aliphatic rings. The van der Waals surface area contributed by atoms with Crippen LogP contribution in [-0.4, -0.2) is 57.3 Å². The second kappa shape index (κ2) is 6.04. The van der Waals surface area contributed by atoms with Crippen molar-refractivity contribution in [3.05, 3.63) is 18.0 Å². The van der Waals surface area contributed by atoms with Crippen LogP contribution >= 0.6 is 0 Å². The first kappa shape index (κ1) is 14.5. The Morgan fingerprint density at radius 2 is 2.25 bits per heavy atom. The standard InChI is InChI=1S/C13H20N4O3/c1-3-17-6-10(4-14-17)13(20)16-5-11(8-18)12(7-16)15-9(2)19/h4,6,11-12,18H,3,5,7-8H2,1-2H3,(H,15,19)/t11-,12+/m0/s1. The van der Waals surface area contributed by atoms with E-state index in [1.165, 1.54) is 6.92 Å². The molecule has 0 spiro atoms. The topological polar surface area (TPSA) is 87.5 Å². The van der Waals surface area contributed by atoms with Crippen molar-refractivity contribution in [2.75, 3.05) is 19.7 Å². The Morgan fingerprint density at radius 1 is 1.50 bits per heavy atom. The lowest BCUT2D eigenvalue weighted by atomic mass is 10.1. The van der Waals surface area contributed by atoms with Crippen LogP contribution < -0.4 is 5.32 Å². The van der Waals surface area contributed by atoms with Gasteiger partial charge in [-0.2, -0.15) is 5.10 Å². The Balaban J connectivity index is 2.06. The molecule has 1 aromatic heterocycles. The molecule has 0 unspecified atom stereocenters. The van der Waals surface area contributed by atoms with Crippen LogP contribution in [0.1, 0.15) is 24.2 Å². The van der Waals surface area contributed by atoms with E-state index < -0.39 is 0 Å². The van der Waals surface area contributed by atoms with Gasteiger partial charge in [-0.05, 0) is 6.92 Å². The molecule has 0 saturated carbocycles. The number of carbonyl (C=O) groups is 2. The highest BCUT2D eigenvalue weighted by molar-refractivity contribution is 5.94. The Hall–Kier alpha value is -1.89. The Morgan fingerprint density at radius 3 is 2.80 bits per heavy atom. The predicted molar refractivity (Wildman–Crippen MR) is 72.0 cm³/mol. The summed E-state index contributed by atoms with van der Waals surface area (Å²) >= 11 is 0. The van der Waals surface area contributed by atoms with Gasteiger partial charge < -0.3 is 15.3 Å². The lowest BCUT2D eigenvalue weighted by molar-refractivity contribution is -0.119. The van der Waals surface area contributed by atoms with Crippen LogP contribution in [-0.2, 0) is 11.3 Å². The lowest BCUT2D eigenvalue weighted by Gasteiger charge is -2.16. The van der Waals surface area contributed by atoms with Gasteiger partial charge in [0.2, 0.25) is 5.91 Å². The van der Waals surface area contributed by atoms with Crippen LogP contribution in [0.5, 0.6) is 0 Å². The largest absolute Gasteiger partial charge is 0.396 e. The Labute approximate surface area is 117 Å². The summed E-state index contributed by atoms with van der Waals surface area (Å²) in [4.78, 5) is 25.1. The van der Waals surface area contributed by atoms with E-state index in [0.717, 1.165) is 0 Å². The maximum absolute atomic E-state index is 12.3. The van der Waals surface area contributed by atoms with Gasteiger partial charge in [-0.15, -0.1) is 0 Å². The number of aromatic nitrogens is 2. The fraction of sp³-hybridized carbons (Fsp3) is 0.615. The molecule has 0 aromatic carbocycles. The first-order chi connectivity index (χ1) is 9.55. The summed E-state index contributed by atoms with van der Waals surface area (Å²) in [6.07, 6.45) is 3.26. The third-order valence-corrected chi connectivity index (χ3v) is 3.56. The van der Waals surface area contributed by atoms with Gasteiger partial charge >= 0.3 is 0 Å². The first-order valence-corrected chi connectivity index (χ1v) is 6.74. The average Bonchev–Trinajstić information content (AvgIpc) is 3.03. The Kier molecular flexibility index (Phi) is 4.39. The van der Waals surface area contributed by atoms with Crippen molar-refractivity contribution >= 4 is 11.8 Å². The van der Waals surface area contributed by atoms with Gasteiger partial charge in [0.1, 0.15) is 0 Å². The fourth-order valence-corrected chi connectivity index (χ4v) is 2.48. The van der Waals surface area contributed by atoms with Gasteiger partial charge in [-0.1, -0.05) is 0 Å². The van der Waals surface area contributed by atoms with Gasteiger partial charge in [-0.3, -0.25) is 14.3 Å². The van der Waals surface area contributed by atoms with Crippen molar-refractivity contribution in [2.45, 2.75) is 26.4 Å². The van der Waals surface area contributed by atoms with Crippen LogP contribution in [0.2, 0.25) is 0 Å².